The molecule has 2 amide bonds. The van der Waals surface area contributed by atoms with E-state index in [0.29, 0.717) is 30.4 Å². The molecule has 16 nitrogen and oxygen atoms in total. The van der Waals surface area contributed by atoms with Crippen molar-refractivity contribution in [2.45, 2.75) is 45.3 Å². The molecule has 250 valence electrons. The van der Waals surface area contributed by atoms with Gasteiger partial charge in [-0.1, -0.05) is 0 Å². The first-order valence-corrected chi connectivity index (χ1v) is 14.5. The first-order valence-electron chi connectivity index (χ1n) is 14.5. The van der Waals surface area contributed by atoms with Crippen molar-refractivity contribution < 1.29 is 42.5 Å². The smallest absolute Gasteiger partial charge is 0.408 e. The van der Waals surface area contributed by atoms with Crippen LogP contribution in [0.2, 0.25) is 0 Å². The number of alkyl carbamates (subject to hydrolysis) is 1. The Hall–Kier alpha value is -4.95. The van der Waals surface area contributed by atoms with Crippen LogP contribution < -0.4 is 31.5 Å². The van der Waals surface area contributed by atoms with Gasteiger partial charge in [-0.3, -0.25) is 9.59 Å². The van der Waals surface area contributed by atoms with E-state index in [1.807, 2.05) is 6.07 Å². The highest BCUT2D eigenvalue weighted by Gasteiger charge is 2.20. The van der Waals surface area contributed by atoms with Crippen LogP contribution in [0.15, 0.2) is 24.4 Å². The van der Waals surface area contributed by atoms with Gasteiger partial charge in [0.25, 0.3) is 0 Å². The SMILES string of the molecule is CC(C)(C)OC(=O)NCC(=O)NCC(=O)OCCOCCOc1cc(NF)c(Nc2ccc(C#N)cn2)nc1NC1CCOCC1. The molecule has 1 aliphatic heterocycles. The number of esters is 1. The third-order valence-corrected chi connectivity index (χ3v) is 5.99. The summed E-state index contributed by atoms with van der Waals surface area (Å²) in [6.07, 6.45) is 2.13. The van der Waals surface area contributed by atoms with E-state index in [1.54, 1.807) is 38.4 Å². The van der Waals surface area contributed by atoms with Gasteiger partial charge in [0, 0.05) is 31.5 Å². The van der Waals surface area contributed by atoms with Crippen molar-refractivity contribution in [2.24, 2.45) is 0 Å². The van der Waals surface area contributed by atoms with E-state index >= 15 is 0 Å². The van der Waals surface area contributed by atoms with E-state index in [0.717, 1.165) is 12.8 Å². The molecule has 5 N–H and O–H groups in total. The maximum Gasteiger partial charge on any atom is 0.408 e. The Bertz CT molecular complexity index is 1340. The summed E-state index contributed by atoms with van der Waals surface area (Å²) in [5, 5.41) is 19.9. The second kappa shape index (κ2) is 18.1. The number of nitrogens with zero attached hydrogens (tertiary/aromatic N) is 3. The summed E-state index contributed by atoms with van der Waals surface area (Å²) in [5.41, 5.74) is 1.29. The van der Waals surface area contributed by atoms with Crippen LogP contribution in [0.4, 0.5) is 32.4 Å². The molecule has 2 aromatic heterocycles. The maximum absolute atomic E-state index is 13.8. The van der Waals surface area contributed by atoms with Crippen molar-refractivity contribution in [3.63, 3.8) is 0 Å². The zero-order valence-corrected chi connectivity index (χ0v) is 25.9. The van der Waals surface area contributed by atoms with Gasteiger partial charge in [0.2, 0.25) is 5.91 Å². The number of pyridine rings is 2. The highest BCUT2D eigenvalue weighted by Crippen LogP contribution is 2.34. The van der Waals surface area contributed by atoms with Crippen LogP contribution in [0.25, 0.3) is 0 Å². The van der Waals surface area contributed by atoms with Gasteiger partial charge in [0.15, 0.2) is 17.4 Å². The number of carbonyl (C=O) groups excluding carboxylic acids is 3. The van der Waals surface area contributed by atoms with Crippen molar-refractivity contribution in [2.75, 3.05) is 68.9 Å². The first-order chi connectivity index (χ1) is 22.1. The van der Waals surface area contributed by atoms with Crippen LogP contribution in [-0.2, 0) is 28.5 Å². The fourth-order valence-corrected chi connectivity index (χ4v) is 3.84. The standard InChI is InChI=1S/C29H39FN8O8/c1-29(2,3)46-28(41)34-17-24(39)33-18-25(40)45-13-11-43-10-12-44-22-14-21(38-30)26(36-23-5-4-19(15-31)16-32-23)37-27(22)35-20-6-8-42-9-7-20/h4-5,14,16,20,38H,6-13,17-18H2,1-3H3,(H,33,39)(H,34,41)(H2,32,35,36,37). The largest absolute Gasteiger partial charge is 0.487 e. The zero-order valence-electron chi connectivity index (χ0n) is 25.9. The molecule has 0 spiro atoms. The number of halogens is 1. The maximum atomic E-state index is 13.8. The van der Waals surface area contributed by atoms with Crippen molar-refractivity contribution >= 4 is 41.1 Å². The van der Waals surface area contributed by atoms with Crippen molar-refractivity contribution in [1.29, 1.82) is 5.26 Å². The lowest BCUT2D eigenvalue weighted by Gasteiger charge is -2.25. The van der Waals surface area contributed by atoms with Crippen LogP contribution in [0, 0.1) is 11.3 Å². The molecule has 0 atom stereocenters. The second-order valence-electron chi connectivity index (χ2n) is 10.8. The molecule has 0 bridgehead atoms. The molecule has 1 saturated heterocycles. The average molecular weight is 647 g/mol. The molecule has 17 heteroatoms. The lowest BCUT2D eigenvalue weighted by Crippen LogP contribution is -2.41. The summed E-state index contributed by atoms with van der Waals surface area (Å²) in [6.45, 7) is 5.71. The molecule has 0 aromatic carbocycles. The van der Waals surface area contributed by atoms with Gasteiger partial charge >= 0.3 is 12.1 Å². The normalized spacial score (nSPS) is 13.1. The predicted molar refractivity (Wildman–Crippen MR) is 163 cm³/mol. The van der Waals surface area contributed by atoms with Crippen LogP contribution in [0.3, 0.4) is 0 Å². The summed E-state index contributed by atoms with van der Waals surface area (Å²) in [6, 6.07) is 6.65. The number of carbonyl (C=O) groups is 3. The Morgan fingerprint density at radius 2 is 1.83 bits per heavy atom. The molecule has 46 heavy (non-hydrogen) atoms. The lowest BCUT2D eigenvalue weighted by molar-refractivity contribution is -0.145. The number of nitrogens with one attached hydrogen (secondary N) is 5. The predicted octanol–water partition coefficient (Wildman–Crippen LogP) is 2.56. The number of hydrogen-bond acceptors (Lipinski definition) is 14. The molecule has 0 aliphatic carbocycles. The van der Waals surface area contributed by atoms with E-state index in [4.69, 9.17) is 28.9 Å². The molecule has 3 rings (SSSR count). The summed E-state index contributed by atoms with van der Waals surface area (Å²) < 4.78 is 40.6. The van der Waals surface area contributed by atoms with Crippen molar-refractivity contribution in [1.82, 2.24) is 20.6 Å². The molecule has 1 aliphatic rings. The Balaban J connectivity index is 1.43. The zero-order chi connectivity index (χ0) is 33.4. The average Bonchev–Trinajstić information content (AvgIpc) is 3.03. The van der Waals surface area contributed by atoms with Gasteiger partial charge < -0.3 is 45.0 Å². The second-order valence-corrected chi connectivity index (χ2v) is 10.8. The van der Waals surface area contributed by atoms with Crippen LogP contribution >= 0.6 is 0 Å². The van der Waals surface area contributed by atoms with Crippen molar-refractivity contribution in [3.8, 4) is 11.8 Å². The highest BCUT2D eigenvalue weighted by atomic mass is 19.2. The minimum Gasteiger partial charge on any atom is -0.487 e. The number of hydrogen-bond donors (Lipinski definition) is 5. The molecule has 2 aromatic rings. The molecule has 0 radical (unpaired) electrons. The van der Waals surface area contributed by atoms with Crippen molar-refractivity contribution in [3.05, 3.63) is 30.0 Å². The number of anilines is 4. The van der Waals surface area contributed by atoms with Gasteiger partial charge in [-0.05, 0) is 45.7 Å². The van der Waals surface area contributed by atoms with Crippen LogP contribution in [0.5, 0.6) is 5.75 Å². The fourth-order valence-electron chi connectivity index (χ4n) is 3.84. The Kier molecular flexibility index (Phi) is 14.0. The molecule has 0 saturated carbocycles. The summed E-state index contributed by atoms with van der Waals surface area (Å²) >= 11 is 0. The van der Waals surface area contributed by atoms with Gasteiger partial charge in [0.1, 0.15) is 49.5 Å². The summed E-state index contributed by atoms with van der Waals surface area (Å²) in [7, 11) is 0. The number of rotatable bonds is 16. The molecular formula is C29H39FN8O8. The molecular weight excluding hydrogens is 607 g/mol. The number of amides is 2. The molecule has 1 fully saturated rings. The monoisotopic (exact) mass is 646 g/mol. The van der Waals surface area contributed by atoms with E-state index < -0.39 is 23.6 Å². The Labute approximate surface area is 265 Å². The van der Waals surface area contributed by atoms with Gasteiger partial charge in [-0.15, -0.1) is 4.48 Å². The minimum absolute atomic E-state index is 0.000713. The van der Waals surface area contributed by atoms with Gasteiger partial charge in [-0.2, -0.15) is 5.26 Å². The third-order valence-electron chi connectivity index (χ3n) is 5.99. The number of ether oxygens (including phenoxy) is 5. The number of aromatic nitrogens is 2. The summed E-state index contributed by atoms with van der Waals surface area (Å²) in [4.78, 5) is 43.9. The topological polar surface area (TPSA) is 207 Å². The lowest BCUT2D eigenvalue weighted by atomic mass is 10.1. The van der Waals surface area contributed by atoms with Crippen LogP contribution in [-0.4, -0.2) is 92.3 Å². The van der Waals surface area contributed by atoms with E-state index in [-0.39, 0.29) is 62.8 Å². The van der Waals surface area contributed by atoms with E-state index in [1.165, 1.54) is 12.3 Å². The quantitative estimate of drug-likeness (QED) is 0.101. The fraction of sp³-hybridized carbons (Fsp3) is 0.517. The third kappa shape index (κ3) is 13.0. The van der Waals surface area contributed by atoms with Gasteiger partial charge in [-0.25, -0.2) is 20.3 Å². The minimum atomic E-state index is -0.750. The number of nitriles is 1. The highest BCUT2D eigenvalue weighted by molar-refractivity contribution is 5.85. The van der Waals surface area contributed by atoms with E-state index in [9.17, 15) is 18.9 Å². The Morgan fingerprint density at radius 1 is 1.07 bits per heavy atom. The van der Waals surface area contributed by atoms with Gasteiger partial charge in [0.05, 0.1) is 18.8 Å². The first kappa shape index (κ1) is 35.5. The summed E-state index contributed by atoms with van der Waals surface area (Å²) in [5.74, 6) is -0.111. The van der Waals surface area contributed by atoms with Crippen LogP contribution in [0.1, 0.15) is 39.2 Å². The molecule has 0 unspecified atom stereocenters. The van der Waals surface area contributed by atoms with E-state index in [2.05, 4.69) is 31.2 Å². The molecule has 3 heterocycles. The Morgan fingerprint density at radius 3 is 2.50 bits per heavy atom.